The Morgan fingerprint density at radius 1 is 1.08 bits per heavy atom. The van der Waals surface area contributed by atoms with Crippen molar-refractivity contribution < 1.29 is 14.6 Å². The van der Waals surface area contributed by atoms with Crippen LogP contribution in [0.5, 0.6) is 5.75 Å². The average Bonchev–Trinajstić information content (AvgIpc) is 2.88. The van der Waals surface area contributed by atoms with E-state index in [2.05, 4.69) is 22.2 Å². The SMILES string of the molecule is CC(C)N(C)C(=O)c1cccc(NC(O)c2ccncc2)c1OCCCN(C)Cc1ccc(Cl)cc1. The Kier molecular flexibility index (Phi) is 10.1. The molecule has 7 nitrogen and oxygen atoms in total. The van der Waals surface area contributed by atoms with Crippen LogP contribution in [-0.2, 0) is 6.54 Å². The lowest BCUT2D eigenvalue weighted by Crippen LogP contribution is -2.33. The number of aliphatic hydroxyl groups excluding tert-OH is 1. The number of amides is 1. The van der Waals surface area contributed by atoms with Crippen LogP contribution in [0.2, 0.25) is 5.02 Å². The van der Waals surface area contributed by atoms with E-state index < -0.39 is 6.23 Å². The minimum Gasteiger partial charge on any atom is -0.491 e. The fourth-order valence-electron chi connectivity index (χ4n) is 3.66. The van der Waals surface area contributed by atoms with Gasteiger partial charge in [0, 0.05) is 49.2 Å². The topological polar surface area (TPSA) is 77.9 Å². The molecule has 1 aromatic heterocycles. The van der Waals surface area contributed by atoms with Gasteiger partial charge in [-0.1, -0.05) is 29.8 Å². The number of aliphatic hydroxyl groups is 1. The summed E-state index contributed by atoms with van der Waals surface area (Å²) in [6.07, 6.45) is 3.03. The largest absolute Gasteiger partial charge is 0.491 e. The second kappa shape index (κ2) is 13.3. The van der Waals surface area contributed by atoms with E-state index in [1.807, 2.05) is 38.1 Å². The van der Waals surface area contributed by atoms with Gasteiger partial charge >= 0.3 is 0 Å². The van der Waals surface area contributed by atoms with Crippen molar-refractivity contribution in [2.75, 3.05) is 32.6 Å². The van der Waals surface area contributed by atoms with E-state index in [4.69, 9.17) is 16.3 Å². The van der Waals surface area contributed by atoms with Gasteiger partial charge in [-0.2, -0.15) is 0 Å². The van der Waals surface area contributed by atoms with Crippen LogP contribution in [0, 0.1) is 0 Å². The van der Waals surface area contributed by atoms with Gasteiger partial charge in [-0.3, -0.25) is 9.78 Å². The number of rotatable bonds is 12. The highest BCUT2D eigenvalue weighted by atomic mass is 35.5. The molecular formula is C28H35ClN4O3. The molecule has 0 aliphatic rings. The predicted octanol–water partition coefficient (Wildman–Crippen LogP) is 5.22. The lowest BCUT2D eigenvalue weighted by atomic mass is 10.1. The molecule has 36 heavy (non-hydrogen) atoms. The van der Waals surface area contributed by atoms with E-state index in [1.165, 1.54) is 5.56 Å². The van der Waals surface area contributed by atoms with Crippen molar-refractivity contribution >= 4 is 23.2 Å². The fraction of sp³-hybridized carbons (Fsp3) is 0.357. The summed E-state index contributed by atoms with van der Waals surface area (Å²) in [6, 6.07) is 16.7. The van der Waals surface area contributed by atoms with Crippen molar-refractivity contribution in [3.63, 3.8) is 0 Å². The highest BCUT2D eigenvalue weighted by Gasteiger charge is 2.22. The Hall–Kier alpha value is -3.13. The highest BCUT2D eigenvalue weighted by molar-refractivity contribution is 6.30. The quantitative estimate of drug-likeness (QED) is 0.257. The maximum absolute atomic E-state index is 13.2. The van der Waals surface area contributed by atoms with E-state index >= 15 is 0 Å². The molecule has 3 rings (SSSR count). The average molecular weight is 511 g/mol. The Morgan fingerprint density at radius 2 is 1.78 bits per heavy atom. The highest BCUT2D eigenvalue weighted by Crippen LogP contribution is 2.32. The summed E-state index contributed by atoms with van der Waals surface area (Å²) in [7, 11) is 3.83. The van der Waals surface area contributed by atoms with Gasteiger partial charge in [-0.25, -0.2) is 0 Å². The van der Waals surface area contributed by atoms with Crippen molar-refractivity contribution in [3.05, 3.63) is 88.7 Å². The molecule has 0 aliphatic carbocycles. The molecule has 3 aromatic rings. The first-order valence-electron chi connectivity index (χ1n) is 12.1. The molecule has 0 aliphatic heterocycles. The summed E-state index contributed by atoms with van der Waals surface area (Å²) < 4.78 is 6.19. The predicted molar refractivity (Wildman–Crippen MR) is 144 cm³/mol. The number of halogens is 1. The van der Waals surface area contributed by atoms with E-state index in [0.717, 1.165) is 24.5 Å². The maximum Gasteiger partial charge on any atom is 0.257 e. The second-order valence-corrected chi connectivity index (χ2v) is 9.52. The van der Waals surface area contributed by atoms with Crippen molar-refractivity contribution in [2.45, 2.75) is 39.1 Å². The van der Waals surface area contributed by atoms with E-state index in [-0.39, 0.29) is 11.9 Å². The normalized spacial score (nSPS) is 12.0. The van der Waals surface area contributed by atoms with Crippen molar-refractivity contribution in [3.8, 4) is 5.75 Å². The minimum atomic E-state index is -0.978. The molecule has 1 unspecified atom stereocenters. The van der Waals surface area contributed by atoms with Crippen LogP contribution >= 0.6 is 11.6 Å². The molecule has 0 saturated carbocycles. The van der Waals surface area contributed by atoms with Gasteiger partial charge in [0.05, 0.1) is 17.9 Å². The molecule has 1 atom stereocenters. The summed E-state index contributed by atoms with van der Waals surface area (Å²) in [4.78, 5) is 21.1. The van der Waals surface area contributed by atoms with E-state index in [9.17, 15) is 9.90 Å². The molecule has 0 radical (unpaired) electrons. The molecule has 8 heteroatoms. The van der Waals surface area contributed by atoms with Gasteiger partial charge in [0.25, 0.3) is 5.91 Å². The Labute approximate surface area is 218 Å². The number of ether oxygens (including phenoxy) is 1. The monoisotopic (exact) mass is 510 g/mol. The third-order valence-electron chi connectivity index (χ3n) is 5.95. The second-order valence-electron chi connectivity index (χ2n) is 9.09. The summed E-state index contributed by atoms with van der Waals surface area (Å²) in [5, 5.41) is 14.5. The molecule has 0 saturated heterocycles. The van der Waals surface area contributed by atoms with Crippen molar-refractivity contribution in [2.24, 2.45) is 0 Å². The number of carbonyl (C=O) groups is 1. The van der Waals surface area contributed by atoms with Crippen molar-refractivity contribution in [1.29, 1.82) is 0 Å². The Balaban J connectivity index is 1.71. The summed E-state index contributed by atoms with van der Waals surface area (Å²) in [5.41, 5.74) is 2.85. The zero-order valence-electron chi connectivity index (χ0n) is 21.3. The summed E-state index contributed by atoms with van der Waals surface area (Å²) in [5.74, 6) is 0.297. The smallest absolute Gasteiger partial charge is 0.257 e. The zero-order valence-corrected chi connectivity index (χ0v) is 22.1. The van der Waals surface area contributed by atoms with Crippen LogP contribution in [0.4, 0.5) is 5.69 Å². The third-order valence-corrected chi connectivity index (χ3v) is 6.20. The van der Waals surface area contributed by atoms with Gasteiger partial charge in [-0.15, -0.1) is 0 Å². The van der Waals surface area contributed by atoms with Crippen LogP contribution in [0.1, 0.15) is 48.0 Å². The molecular weight excluding hydrogens is 476 g/mol. The molecule has 192 valence electrons. The first-order chi connectivity index (χ1) is 17.3. The van der Waals surface area contributed by atoms with Gasteiger partial charge in [0.1, 0.15) is 0 Å². The molecule has 2 N–H and O–H groups in total. The number of nitrogens with zero attached hydrogens (tertiary/aromatic N) is 3. The molecule has 0 spiro atoms. The van der Waals surface area contributed by atoms with E-state index in [0.29, 0.717) is 29.2 Å². The Morgan fingerprint density at radius 3 is 2.44 bits per heavy atom. The van der Waals surface area contributed by atoms with Crippen LogP contribution in [0.25, 0.3) is 0 Å². The number of benzene rings is 2. The lowest BCUT2D eigenvalue weighted by Gasteiger charge is -2.25. The molecule has 1 heterocycles. The molecule has 0 bridgehead atoms. The number of nitrogens with one attached hydrogen (secondary N) is 1. The first kappa shape index (κ1) is 27.5. The summed E-state index contributed by atoms with van der Waals surface area (Å²) >= 11 is 5.98. The van der Waals surface area contributed by atoms with Crippen LogP contribution in [0.15, 0.2) is 67.0 Å². The molecule has 2 aromatic carbocycles. The minimum absolute atomic E-state index is 0.0332. The van der Waals surface area contributed by atoms with Crippen LogP contribution in [0.3, 0.4) is 0 Å². The number of anilines is 1. The van der Waals surface area contributed by atoms with Gasteiger partial charge in [0.2, 0.25) is 0 Å². The number of aromatic nitrogens is 1. The maximum atomic E-state index is 13.2. The van der Waals surface area contributed by atoms with Crippen LogP contribution in [-0.4, -0.2) is 59.1 Å². The third kappa shape index (κ3) is 7.68. The van der Waals surface area contributed by atoms with Crippen molar-refractivity contribution in [1.82, 2.24) is 14.8 Å². The number of hydrogen-bond donors (Lipinski definition) is 2. The fourth-order valence-corrected chi connectivity index (χ4v) is 3.79. The lowest BCUT2D eigenvalue weighted by molar-refractivity contribution is 0.0750. The molecule has 1 amide bonds. The van der Waals surface area contributed by atoms with Gasteiger partial charge in [-0.05, 0) is 69.3 Å². The van der Waals surface area contributed by atoms with Gasteiger partial charge < -0.3 is 25.0 Å². The number of para-hydroxylation sites is 1. The standard InChI is InChI=1S/C28H35ClN4O3/c1-20(2)33(4)28(35)24-7-5-8-25(31-27(34)22-13-15-30-16-14-22)26(24)36-18-6-17-32(3)19-21-9-11-23(29)12-10-21/h5,7-16,20,27,31,34H,6,17-19H2,1-4H3. The first-order valence-corrected chi connectivity index (χ1v) is 12.4. The molecule has 0 fully saturated rings. The number of pyridine rings is 1. The van der Waals surface area contributed by atoms with Crippen LogP contribution < -0.4 is 10.1 Å². The van der Waals surface area contributed by atoms with E-state index in [1.54, 1.807) is 54.7 Å². The van der Waals surface area contributed by atoms with Gasteiger partial charge in [0.15, 0.2) is 12.0 Å². The number of carbonyl (C=O) groups excluding carboxylic acids is 1. The number of hydrogen-bond acceptors (Lipinski definition) is 6. The summed E-state index contributed by atoms with van der Waals surface area (Å²) in [6.45, 7) is 5.96. The zero-order chi connectivity index (χ0) is 26.1. The Bertz CT molecular complexity index is 1110.